The number of halogens is 1. The second kappa shape index (κ2) is 9.10. The van der Waals surface area contributed by atoms with E-state index in [1.165, 1.54) is 0 Å². The van der Waals surface area contributed by atoms with E-state index in [2.05, 4.69) is 15.8 Å². The molecule has 7 heteroatoms. The van der Waals surface area contributed by atoms with Gasteiger partial charge in [0.05, 0.1) is 13.3 Å². The van der Waals surface area contributed by atoms with Gasteiger partial charge in [0.2, 0.25) is 0 Å². The number of ether oxygens (including phenoxy) is 2. The van der Waals surface area contributed by atoms with Crippen molar-refractivity contribution in [2.75, 3.05) is 14.2 Å². The molecule has 0 heterocycles. The molecule has 0 amide bonds. The van der Waals surface area contributed by atoms with Crippen LogP contribution in [0.3, 0.4) is 0 Å². The normalized spacial score (nSPS) is 10.5. The highest BCUT2D eigenvalue weighted by Crippen LogP contribution is 2.29. The molecule has 0 aromatic heterocycles. The molecule has 2 aromatic carbocycles. The van der Waals surface area contributed by atoms with Crippen LogP contribution in [-0.4, -0.2) is 25.5 Å². The average Bonchev–Trinajstić information content (AvgIpc) is 2.61. The molecule has 2 rings (SSSR count). The first-order valence-electron chi connectivity index (χ1n) is 7.19. The lowest BCUT2D eigenvalue weighted by Crippen LogP contribution is -2.28. The van der Waals surface area contributed by atoms with Crippen LogP contribution in [0.4, 0.5) is 0 Å². The maximum Gasteiger partial charge on any atom is 0.186 e. The van der Waals surface area contributed by atoms with Crippen LogP contribution in [0, 0.1) is 0 Å². The van der Waals surface area contributed by atoms with Crippen molar-refractivity contribution in [2.24, 2.45) is 5.10 Å². The van der Waals surface area contributed by atoms with Gasteiger partial charge in [0.15, 0.2) is 16.6 Å². The number of nitrogens with one attached hydrogen (secondary N) is 2. The average molecular weight is 364 g/mol. The topological polar surface area (TPSA) is 54.9 Å². The van der Waals surface area contributed by atoms with Crippen molar-refractivity contribution in [2.45, 2.75) is 6.61 Å². The summed E-state index contributed by atoms with van der Waals surface area (Å²) < 4.78 is 11.2. The predicted molar refractivity (Wildman–Crippen MR) is 101 cm³/mol. The maximum absolute atomic E-state index is 6.15. The van der Waals surface area contributed by atoms with E-state index in [4.69, 9.17) is 33.3 Å². The summed E-state index contributed by atoms with van der Waals surface area (Å²) >= 11 is 11.1. The number of nitrogens with zero attached hydrogens (tertiary/aromatic N) is 1. The molecular formula is C17H18ClN3O2S. The summed E-state index contributed by atoms with van der Waals surface area (Å²) in [6.45, 7) is 0.346. The molecule has 0 saturated heterocycles. The van der Waals surface area contributed by atoms with Gasteiger partial charge in [-0.05, 0) is 42.0 Å². The van der Waals surface area contributed by atoms with Crippen LogP contribution in [0.1, 0.15) is 11.1 Å². The van der Waals surface area contributed by atoms with Gasteiger partial charge in [-0.2, -0.15) is 5.10 Å². The smallest absolute Gasteiger partial charge is 0.186 e. The summed E-state index contributed by atoms with van der Waals surface area (Å²) in [5, 5.41) is 7.92. The van der Waals surface area contributed by atoms with E-state index in [1.807, 2.05) is 42.5 Å². The quantitative estimate of drug-likeness (QED) is 0.468. The minimum absolute atomic E-state index is 0.346. The van der Waals surface area contributed by atoms with Crippen LogP contribution in [0.2, 0.25) is 5.02 Å². The predicted octanol–water partition coefficient (Wildman–Crippen LogP) is 3.36. The molecule has 0 aliphatic carbocycles. The molecule has 0 aliphatic heterocycles. The third kappa shape index (κ3) is 5.11. The fourth-order valence-electron chi connectivity index (χ4n) is 1.88. The third-order valence-electron chi connectivity index (χ3n) is 3.14. The second-order valence-corrected chi connectivity index (χ2v) is 5.55. The molecule has 24 heavy (non-hydrogen) atoms. The second-order valence-electron chi connectivity index (χ2n) is 4.74. The minimum atomic E-state index is 0.346. The van der Waals surface area contributed by atoms with E-state index in [1.54, 1.807) is 20.4 Å². The standard InChI is InChI=1S/C17H18ClN3O2S/c1-19-17(24)21-20-10-12-7-8-15(22-2)16(9-12)23-11-13-5-3-4-6-14(13)18/h3-10H,11H2,1-2H3,(H2,19,21,24)/b20-10+. The highest BCUT2D eigenvalue weighted by molar-refractivity contribution is 7.80. The number of hydrazone groups is 1. The Morgan fingerprint density at radius 3 is 2.75 bits per heavy atom. The van der Waals surface area contributed by atoms with E-state index in [0.717, 1.165) is 11.1 Å². The Morgan fingerprint density at radius 1 is 1.25 bits per heavy atom. The first kappa shape index (κ1) is 18.0. The molecule has 2 N–H and O–H groups in total. The summed E-state index contributed by atoms with van der Waals surface area (Å²) in [4.78, 5) is 0. The number of methoxy groups -OCH3 is 1. The Bertz CT molecular complexity index is 738. The van der Waals surface area contributed by atoms with Gasteiger partial charge in [0, 0.05) is 17.6 Å². The Hall–Kier alpha value is -2.31. The Morgan fingerprint density at radius 2 is 2.04 bits per heavy atom. The van der Waals surface area contributed by atoms with Crippen LogP contribution in [-0.2, 0) is 6.61 Å². The van der Waals surface area contributed by atoms with Crippen molar-refractivity contribution < 1.29 is 9.47 Å². The van der Waals surface area contributed by atoms with Crippen LogP contribution >= 0.6 is 23.8 Å². The van der Waals surface area contributed by atoms with Crippen molar-refractivity contribution in [3.8, 4) is 11.5 Å². The number of hydrogen-bond acceptors (Lipinski definition) is 4. The lowest BCUT2D eigenvalue weighted by atomic mass is 10.2. The molecule has 0 fully saturated rings. The van der Waals surface area contributed by atoms with Crippen molar-refractivity contribution in [1.29, 1.82) is 0 Å². The molecule has 0 spiro atoms. The fraction of sp³-hybridized carbons (Fsp3) is 0.176. The van der Waals surface area contributed by atoms with Crippen molar-refractivity contribution >= 4 is 35.1 Å². The first-order chi connectivity index (χ1) is 11.6. The van der Waals surface area contributed by atoms with Gasteiger partial charge < -0.3 is 14.8 Å². The summed E-state index contributed by atoms with van der Waals surface area (Å²) in [7, 11) is 3.32. The number of benzene rings is 2. The van der Waals surface area contributed by atoms with Crippen LogP contribution < -0.4 is 20.2 Å². The molecule has 2 aromatic rings. The van der Waals surface area contributed by atoms with Crippen LogP contribution in [0.25, 0.3) is 0 Å². The molecule has 5 nitrogen and oxygen atoms in total. The molecular weight excluding hydrogens is 346 g/mol. The van der Waals surface area contributed by atoms with Gasteiger partial charge >= 0.3 is 0 Å². The number of thiocarbonyl (C=S) groups is 1. The van der Waals surface area contributed by atoms with Gasteiger partial charge in [-0.15, -0.1) is 0 Å². The number of hydrogen-bond donors (Lipinski definition) is 2. The zero-order valence-electron chi connectivity index (χ0n) is 13.4. The number of rotatable bonds is 6. The van der Waals surface area contributed by atoms with Crippen LogP contribution in [0.15, 0.2) is 47.6 Å². The largest absolute Gasteiger partial charge is 0.493 e. The van der Waals surface area contributed by atoms with Crippen molar-refractivity contribution in [3.63, 3.8) is 0 Å². The Balaban J connectivity index is 2.11. The van der Waals surface area contributed by atoms with Gasteiger partial charge in [-0.25, -0.2) is 0 Å². The minimum Gasteiger partial charge on any atom is -0.493 e. The van der Waals surface area contributed by atoms with Gasteiger partial charge in [-0.3, -0.25) is 5.43 Å². The van der Waals surface area contributed by atoms with E-state index in [9.17, 15) is 0 Å². The highest BCUT2D eigenvalue weighted by atomic mass is 35.5. The molecule has 126 valence electrons. The van der Waals surface area contributed by atoms with Gasteiger partial charge in [0.1, 0.15) is 6.61 Å². The molecule has 0 aliphatic rings. The van der Waals surface area contributed by atoms with Gasteiger partial charge in [-0.1, -0.05) is 29.8 Å². The van der Waals surface area contributed by atoms with Gasteiger partial charge in [0.25, 0.3) is 0 Å². The van der Waals surface area contributed by atoms with E-state index in [-0.39, 0.29) is 0 Å². The lowest BCUT2D eigenvalue weighted by Gasteiger charge is -2.12. The van der Waals surface area contributed by atoms with E-state index in [0.29, 0.717) is 28.2 Å². The monoisotopic (exact) mass is 363 g/mol. The molecule has 0 saturated carbocycles. The first-order valence-corrected chi connectivity index (χ1v) is 7.97. The summed E-state index contributed by atoms with van der Waals surface area (Å²) in [6, 6.07) is 13.1. The highest BCUT2D eigenvalue weighted by Gasteiger charge is 2.07. The SMILES string of the molecule is CNC(=S)N/N=C/c1ccc(OC)c(OCc2ccccc2Cl)c1. The summed E-state index contributed by atoms with van der Waals surface area (Å²) in [5.41, 5.74) is 4.44. The molecule has 0 bridgehead atoms. The maximum atomic E-state index is 6.15. The third-order valence-corrected chi connectivity index (χ3v) is 3.80. The Labute approximate surface area is 151 Å². The van der Waals surface area contributed by atoms with E-state index < -0.39 is 0 Å². The lowest BCUT2D eigenvalue weighted by molar-refractivity contribution is 0.284. The van der Waals surface area contributed by atoms with Crippen molar-refractivity contribution in [1.82, 2.24) is 10.7 Å². The molecule has 0 atom stereocenters. The molecule has 0 radical (unpaired) electrons. The van der Waals surface area contributed by atoms with Crippen LogP contribution in [0.5, 0.6) is 11.5 Å². The summed E-state index contributed by atoms with van der Waals surface area (Å²) in [5.74, 6) is 1.25. The van der Waals surface area contributed by atoms with Crippen molar-refractivity contribution in [3.05, 3.63) is 58.6 Å². The molecule has 0 unspecified atom stereocenters. The van der Waals surface area contributed by atoms with E-state index >= 15 is 0 Å². The zero-order chi connectivity index (χ0) is 17.4. The zero-order valence-corrected chi connectivity index (χ0v) is 14.9. The summed E-state index contributed by atoms with van der Waals surface area (Å²) in [6.07, 6.45) is 1.64. The fourth-order valence-corrected chi connectivity index (χ4v) is 2.12. The Kier molecular flexibility index (Phi) is 6.84.